The second-order valence-electron chi connectivity index (χ2n) is 36.0. The van der Waals surface area contributed by atoms with Gasteiger partial charge in [-0.25, -0.2) is 4.98 Å². The Morgan fingerprint density at radius 2 is 0.616 bits per heavy atom. The first-order chi connectivity index (χ1) is 61.2. The van der Waals surface area contributed by atoms with Crippen LogP contribution in [0.25, 0.3) is 0 Å². The number of ether oxygens (including phenoxy) is 7. The van der Waals surface area contributed by atoms with Crippen LogP contribution in [0.15, 0.2) is 200 Å². The summed E-state index contributed by atoms with van der Waals surface area (Å²) in [5.74, 6) is 4.83. The van der Waals surface area contributed by atoms with Crippen molar-refractivity contribution >= 4 is 86.9 Å². The van der Waals surface area contributed by atoms with Crippen molar-refractivity contribution in [2.24, 2.45) is 0 Å². The van der Waals surface area contributed by atoms with Crippen molar-refractivity contribution in [3.63, 3.8) is 0 Å². The zero-order valence-electron chi connectivity index (χ0n) is 71.5. The maximum atomic E-state index is 12.7. The molecule has 10 atom stereocenters. The van der Waals surface area contributed by atoms with E-state index >= 15 is 0 Å². The first-order valence-electron chi connectivity index (χ1n) is 45.0. The number of anilines is 8. The number of piperazine rings is 3. The number of para-hydroxylation sites is 6. The predicted molar refractivity (Wildman–Crippen MR) is 486 cm³/mol. The Morgan fingerprint density at radius 1 is 0.328 bits per heavy atom. The molecule has 23 rings (SSSR count). The molecule has 7 aromatic carbocycles. The Labute approximate surface area is 736 Å². The standard InChI is InChI=1S/C23H27N3O3.C22H25N3O2.C21H24N4O2.C16H20N2O3.C16H20N2O2S/c1-28-18-8-6-17(7-9-18)26-12-10-25(11-13-26)15-19-14-23(16-29-19)20-4-2-3-5-21(20)24-22(23)27;26-21-22(19-8-4-5-9-20(19)23-21)14-18(27-16-22)15-24-10-12-25(13-11-24)17-6-2-1-3-7-17;26-20-21(17-5-1-2-6-18(17)23-20)13-16(27-15-21)14-24-9-11-25(12-10-24)19-7-3-4-8-22-19;19-15-16(13-3-1-2-4-14(13)17-15)9-12(21-11-16)10-18-5-7-20-8-6-18;19-15-16(13-3-1-2-4-14(13)17-15)9-12(20-11-16)10-18-5-7-21-8-6-18/h2-9,19H,10-16H2,1H3,(H,24,27);1-9,18H,10-16H2,(H,23,26);1-8,16H,9-15H2,(H,23,26);2*1-4,12H,5-11H2,(H,17,19). The van der Waals surface area contributed by atoms with E-state index in [1.807, 2.05) is 139 Å². The van der Waals surface area contributed by atoms with Gasteiger partial charge in [0.2, 0.25) is 29.5 Å². The van der Waals surface area contributed by atoms with Gasteiger partial charge in [0, 0.05) is 195 Å². The molecular weight excluding hydrogens is 1600 g/mol. The molecule has 5 amide bonds. The highest BCUT2D eigenvalue weighted by atomic mass is 32.2. The maximum absolute atomic E-state index is 12.7. The number of carbonyl (C=O) groups excluding carboxylic acids is 5. The zero-order chi connectivity index (χ0) is 85.0. The number of rotatable bonds is 14. The van der Waals surface area contributed by atoms with Crippen LogP contribution in [0.4, 0.5) is 45.6 Å². The summed E-state index contributed by atoms with van der Waals surface area (Å²) in [7, 11) is 1.69. The van der Waals surface area contributed by atoms with Crippen LogP contribution < -0.4 is 46.0 Å². The SMILES string of the molecule is COc1ccc(N2CCN(CC3CC4(CO3)C(=O)Nc3ccccc34)CC2)cc1.O=C1Nc2ccccc2C12COC(CN1CCN(c3ccccc3)CC1)C2.O=C1Nc2ccccc2C12COC(CN1CCN(c3ccccn3)CC1)C2.O=C1Nc2ccccc2C12COC(CN1CCOCC1)C2.O=C1Nc2ccccc2C12COC(CN1CCSCC1)C2. The Kier molecular flexibility index (Phi) is 25.2. The molecule has 10 unspecified atom stereocenters. The van der Waals surface area contributed by atoms with E-state index in [9.17, 15) is 24.0 Å². The molecule has 27 heteroatoms. The lowest BCUT2D eigenvalue weighted by Crippen LogP contribution is -2.49. The lowest BCUT2D eigenvalue weighted by atomic mass is 9.79. The second kappa shape index (κ2) is 37.2. The fourth-order valence-electron chi connectivity index (χ4n) is 21.5. The third-order valence-electron chi connectivity index (χ3n) is 28.5. The molecule has 26 nitrogen and oxygen atoms in total. The van der Waals surface area contributed by atoms with E-state index in [4.69, 9.17) is 33.2 Å². The molecule has 15 aliphatic heterocycles. The third-order valence-corrected chi connectivity index (χ3v) is 29.4. The minimum absolute atomic E-state index is 0.0884. The Bertz CT molecular complexity index is 4890. The van der Waals surface area contributed by atoms with Crippen LogP contribution >= 0.6 is 11.8 Å². The number of hydrogen-bond donors (Lipinski definition) is 5. The molecule has 5 spiro atoms. The maximum Gasteiger partial charge on any atom is 0.237 e. The molecule has 8 aromatic rings. The average molecular weight is 1710 g/mol. The fourth-order valence-corrected chi connectivity index (χ4v) is 22.5. The largest absolute Gasteiger partial charge is 0.497 e. The monoisotopic (exact) mass is 1710 g/mol. The van der Waals surface area contributed by atoms with Crippen LogP contribution in [-0.4, -0.2) is 292 Å². The molecule has 0 aliphatic carbocycles. The normalized spacial score (nSPS) is 29.0. The number of morpholine rings is 1. The fraction of sp³-hybridized carbons (Fsp3) is 0.469. The van der Waals surface area contributed by atoms with Gasteiger partial charge < -0.3 is 74.4 Å². The molecule has 5 N–H and O–H groups in total. The Morgan fingerprint density at radius 3 is 0.936 bits per heavy atom. The van der Waals surface area contributed by atoms with Crippen LogP contribution in [0.1, 0.15) is 59.9 Å². The van der Waals surface area contributed by atoms with Gasteiger partial charge in [-0.1, -0.05) is 115 Å². The molecule has 0 saturated carbocycles. The summed E-state index contributed by atoms with van der Waals surface area (Å²) in [4.78, 5) is 86.9. The van der Waals surface area contributed by atoms with Gasteiger partial charge in [-0.05, 0) is 139 Å². The number of fused-ring (bicyclic) bond motifs is 10. The van der Waals surface area contributed by atoms with Gasteiger partial charge >= 0.3 is 0 Å². The van der Waals surface area contributed by atoms with Gasteiger partial charge in [0.15, 0.2) is 0 Å². The lowest BCUT2D eigenvalue weighted by Gasteiger charge is -2.37. The van der Waals surface area contributed by atoms with E-state index in [1.165, 1.54) is 22.9 Å². The minimum Gasteiger partial charge on any atom is -0.497 e. The van der Waals surface area contributed by atoms with Crippen molar-refractivity contribution in [1.29, 1.82) is 0 Å². The van der Waals surface area contributed by atoms with Crippen molar-refractivity contribution in [2.75, 3.05) is 244 Å². The number of nitrogens with one attached hydrogen (secondary N) is 5. The van der Waals surface area contributed by atoms with Crippen molar-refractivity contribution in [3.05, 3.63) is 228 Å². The van der Waals surface area contributed by atoms with Gasteiger partial charge in [0.05, 0.1) is 83.9 Å². The summed E-state index contributed by atoms with van der Waals surface area (Å²) in [5, 5.41) is 15.1. The van der Waals surface area contributed by atoms with Crippen molar-refractivity contribution in [1.82, 2.24) is 29.5 Å². The number of pyridine rings is 1. The number of methoxy groups -OCH3 is 1. The molecule has 15 aliphatic rings. The molecule has 16 heterocycles. The van der Waals surface area contributed by atoms with Crippen LogP contribution in [0.3, 0.4) is 0 Å². The highest BCUT2D eigenvalue weighted by Gasteiger charge is 2.58. The van der Waals surface area contributed by atoms with Gasteiger partial charge in [-0.15, -0.1) is 0 Å². The number of hydrogen-bond acceptors (Lipinski definition) is 22. The molecular formula is C98H116N14O12S. The highest BCUT2D eigenvalue weighted by Crippen LogP contribution is 2.51. The summed E-state index contributed by atoms with van der Waals surface area (Å²) in [6.45, 7) is 24.8. The molecule has 10 saturated heterocycles. The van der Waals surface area contributed by atoms with Crippen molar-refractivity contribution in [3.8, 4) is 5.75 Å². The summed E-state index contributed by atoms with van der Waals surface area (Å²) in [6, 6.07) is 65.0. The molecule has 10 fully saturated rings. The Balaban J connectivity index is 0.000000103. The first-order valence-corrected chi connectivity index (χ1v) is 46.1. The van der Waals surface area contributed by atoms with E-state index in [0.29, 0.717) is 33.0 Å². The lowest BCUT2D eigenvalue weighted by molar-refractivity contribution is -0.121. The van der Waals surface area contributed by atoms with Gasteiger partial charge in [-0.2, -0.15) is 11.8 Å². The van der Waals surface area contributed by atoms with E-state index in [2.05, 4.69) is 144 Å². The number of aromatic nitrogens is 1. The topological polar surface area (TPSA) is 249 Å². The van der Waals surface area contributed by atoms with Crippen LogP contribution in [-0.2, 0) is 79.5 Å². The van der Waals surface area contributed by atoms with Crippen LogP contribution in [0.5, 0.6) is 5.75 Å². The second-order valence-corrected chi connectivity index (χ2v) is 37.2. The average Bonchev–Trinajstić information content (AvgIpc) is 1.61. The quantitative estimate of drug-likeness (QED) is 0.0680. The predicted octanol–water partition coefficient (Wildman–Crippen LogP) is 9.58. The number of thioether (sulfide) groups is 1. The van der Waals surface area contributed by atoms with Crippen LogP contribution in [0, 0.1) is 0 Å². The zero-order valence-corrected chi connectivity index (χ0v) is 72.3. The summed E-state index contributed by atoms with van der Waals surface area (Å²) in [6.07, 6.45) is 6.32. The minimum atomic E-state index is -0.508. The molecule has 0 radical (unpaired) electrons. The van der Waals surface area contributed by atoms with Gasteiger partial charge in [0.25, 0.3) is 0 Å². The van der Waals surface area contributed by atoms with E-state index in [1.54, 1.807) is 7.11 Å². The first kappa shape index (κ1) is 84.6. The van der Waals surface area contributed by atoms with E-state index < -0.39 is 27.1 Å². The molecule has 0 bridgehead atoms. The van der Waals surface area contributed by atoms with Crippen molar-refractivity contribution < 1.29 is 57.1 Å². The number of benzene rings is 7. The number of nitrogens with zero attached hydrogens (tertiary/aromatic N) is 9. The number of carbonyl (C=O) groups is 5. The van der Waals surface area contributed by atoms with E-state index in [-0.39, 0.29) is 60.1 Å². The highest BCUT2D eigenvalue weighted by molar-refractivity contribution is 7.99. The summed E-state index contributed by atoms with van der Waals surface area (Å²) < 4.78 is 41.0. The summed E-state index contributed by atoms with van der Waals surface area (Å²) >= 11 is 2.02. The summed E-state index contributed by atoms with van der Waals surface area (Å²) in [5.41, 5.74) is 10.3. The van der Waals surface area contributed by atoms with Crippen LogP contribution in [0.2, 0.25) is 0 Å². The third kappa shape index (κ3) is 17.5. The smallest absolute Gasteiger partial charge is 0.237 e. The Hall–Kier alpha value is -9.85. The molecule has 125 heavy (non-hydrogen) atoms. The van der Waals surface area contributed by atoms with Crippen molar-refractivity contribution in [2.45, 2.75) is 89.7 Å². The number of amides is 5. The van der Waals surface area contributed by atoms with Gasteiger partial charge in [0.1, 0.15) is 38.6 Å². The van der Waals surface area contributed by atoms with Gasteiger partial charge in [-0.3, -0.25) is 48.5 Å². The molecule has 656 valence electrons. The van der Waals surface area contributed by atoms with E-state index in [0.717, 1.165) is 251 Å². The molecule has 1 aromatic heterocycles.